The molecule has 2 fully saturated rings. The maximum absolute atomic E-state index is 14.4. The Morgan fingerprint density at radius 3 is 2.95 bits per heavy atom. The van der Waals surface area contributed by atoms with Gasteiger partial charge in [0.2, 0.25) is 0 Å². The van der Waals surface area contributed by atoms with Crippen molar-refractivity contribution in [2.24, 2.45) is 5.92 Å². The van der Waals surface area contributed by atoms with E-state index in [2.05, 4.69) is 12.2 Å². The van der Waals surface area contributed by atoms with E-state index in [0.29, 0.717) is 11.5 Å². The van der Waals surface area contributed by atoms with Crippen LogP contribution in [0.5, 0.6) is 0 Å². The highest BCUT2D eigenvalue weighted by molar-refractivity contribution is 6.30. The summed E-state index contributed by atoms with van der Waals surface area (Å²) in [5.41, 5.74) is 0.775. The Hall–Kier alpha value is -0.640. The fourth-order valence-corrected chi connectivity index (χ4v) is 3.96. The standard InChI is InChI=1S/C17H23ClFNO/c1-2-20-16(13-5-3-6-14(18)15(13)19)12-7-10-21-17(11-12)8-4-9-17/h3,5-6,12,16,20H,2,4,7-11H2,1H3. The molecular formula is C17H23ClFNO. The topological polar surface area (TPSA) is 21.3 Å². The van der Waals surface area contributed by atoms with Crippen molar-refractivity contribution in [2.45, 2.75) is 50.7 Å². The molecule has 2 unspecified atom stereocenters. The van der Waals surface area contributed by atoms with Crippen LogP contribution in [0.15, 0.2) is 18.2 Å². The molecule has 1 aliphatic carbocycles. The summed E-state index contributed by atoms with van der Waals surface area (Å²) in [6.45, 7) is 3.67. The Labute approximate surface area is 131 Å². The van der Waals surface area contributed by atoms with Gasteiger partial charge in [0.25, 0.3) is 0 Å². The van der Waals surface area contributed by atoms with Crippen LogP contribution in [0.25, 0.3) is 0 Å². The summed E-state index contributed by atoms with van der Waals surface area (Å²) in [6.07, 6.45) is 5.56. The predicted molar refractivity (Wildman–Crippen MR) is 83.1 cm³/mol. The van der Waals surface area contributed by atoms with Crippen molar-refractivity contribution < 1.29 is 9.13 Å². The first-order chi connectivity index (χ1) is 10.2. The van der Waals surface area contributed by atoms with E-state index in [1.54, 1.807) is 6.07 Å². The van der Waals surface area contributed by atoms with Crippen molar-refractivity contribution in [3.63, 3.8) is 0 Å². The van der Waals surface area contributed by atoms with Gasteiger partial charge in [-0.25, -0.2) is 4.39 Å². The summed E-state index contributed by atoms with van der Waals surface area (Å²) < 4.78 is 20.4. The first kappa shape index (κ1) is 15.3. The van der Waals surface area contributed by atoms with Crippen LogP contribution in [-0.4, -0.2) is 18.8 Å². The highest BCUT2D eigenvalue weighted by atomic mass is 35.5. The molecule has 4 heteroatoms. The van der Waals surface area contributed by atoms with Gasteiger partial charge >= 0.3 is 0 Å². The Bertz CT molecular complexity index is 504. The Kier molecular flexibility index (Phi) is 4.53. The third kappa shape index (κ3) is 2.96. The van der Waals surface area contributed by atoms with Crippen molar-refractivity contribution in [3.05, 3.63) is 34.6 Å². The zero-order valence-electron chi connectivity index (χ0n) is 12.5. The third-order valence-electron chi connectivity index (χ3n) is 5.01. The molecule has 0 aromatic heterocycles. The molecule has 0 radical (unpaired) electrons. The zero-order valence-corrected chi connectivity index (χ0v) is 13.3. The molecule has 1 heterocycles. The molecule has 1 aromatic rings. The molecule has 2 atom stereocenters. The Morgan fingerprint density at radius 1 is 1.48 bits per heavy atom. The molecule has 116 valence electrons. The minimum atomic E-state index is -0.278. The van der Waals surface area contributed by atoms with E-state index in [9.17, 15) is 4.39 Å². The largest absolute Gasteiger partial charge is 0.375 e. The first-order valence-electron chi connectivity index (χ1n) is 7.96. The van der Waals surface area contributed by atoms with Gasteiger partial charge in [0.15, 0.2) is 0 Å². The Balaban J connectivity index is 1.85. The minimum Gasteiger partial charge on any atom is -0.375 e. The van der Waals surface area contributed by atoms with Crippen LogP contribution < -0.4 is 5.32 Å². The van der Waals surface area contributed by atoms with E-state index < -0.39 is 0 Å². The molecule has 0 bridgehead atoms. The second-order valence-electron chi connectivity index (χ2n) is 6.32. The van der Waals surface area contributed by atoms with Gasteiger partial charge in [-0.05, 0) is 50.6 Å². The fourth-order valence-electron chi connectivity index (χ4n) is 3.78. The highest BCUT2D eigenvalue weighted by Gasteiger charge is 2.44. The molecule has 1 saturated heterocycles. The summed E-state index contributed by atoms with van der Waals surface area (Å²) >= 11 is 5.96. The second-order valence-corrected chi connectivity index (χ2v) is 6.72. The maximum Gasteiger partial charge on any atom is 0.146 e. The number of halogens is 2. The first-order valence-corrected chi connectivity index (χ1v) is 8.34. The van der Waals surface area contributed by atoms with E-state index in [1.165, 1.54) is 6.42 Å². The highest BCUT2D eigenvalue weighted by Crippen LogP contribution is 2.47. The van der Waals surface area contributed by atoms with Crippen LogP contribution in [0.1, 0.15) is 50.6 Å². The van der Waals surface area contributed by atoms with Gasteiger partial charge < -0.3 is 10.1 Å². The lowest BCUT2D eigenvalue weighted by Crippen LogP contribution is -2.48. The number of ether oxygens (including phenoxy) is 1. The van der Waals surface area contributed by atoms with Crippen molar-refractivity contribution >= 4 is 11.6 Å². The average Bonchev–Trinajstić information content (AvgIpc) is 2.47. The predicted octanol–water partition coefficient (Wildman–Crippen LogP) is 4.48. The summed E-state index contributed by atoms with van der Waals surface area (Å²) in [6, 6.07) is 5.33. The molecule has 21 heavy (non-hydrogen) atoms. The van der Waals surface area contributed by atoms with Gasteiger partial charge in [-0.1, -0.05) is 30.7 Å². The zero-order chi connectivity index (χ0) is 14.9. The van der Waals surface area contributed by atoms with Crippen LogP contribution in [0.2, 0.25) is 5.02 Å². The van der Waals surface area contributed by atoms with E-state index in [0.717, 1.165) is 38.8 Å². The van der Waals surface area contributed by atoms with Gasteiger partial charge in [-0.15, -0.1) is 0 Å². The molecule has 1 aliphatic heterocycles. The molecule has 1 spiro atoms. The molecule has 3 rings (SSSR count). The molecule has 1 N–H and O–H groups in total. The molecular weight excluding hydrogens is 289 g/mol. The molecule has 2 nitrogen and oxygen atoms in total. The van der Waals surface area contributed by atoms with Gasteiger partial charge in [-0.3, -0.25) is 0 Å². The number of hydrogen-bond donors (Lipinski definition) is 1. The van der Waals surface area contributed by atoms with Crippen LogP contribution in [0.3, 0.4) is 0 Å². The van der Waals surface area contributed by atoms with Crippen molar-refractivity contribution in [3.8, 4) is 0 Å². The van der Waals surface area contributed by atoms with E-state index in [1.807, 2.05) is 12.1 Å². The van der Waals surface area contributed by atoms with Gasteiger partial charge in [0.05, 0.1) is 10.6 Å². The number of hydrogen-bond acceptors (Lipinski definition) is 2. The van der Waals surface area contributed by atoms with Crippen LogP contribution in [0, 0.1) is 11.7 Å². The molecule has 2 aliphatic rings. The van der Waals surface area contributed by atoms with Crippen molar-refractivity contribution in [1.82, 2.24) is 5.32 Å². The molecule has 1 aromatic carbocycles. The van der Waals surface area contributed by atoms with E-state index >= 15 is 0 Å². The lowest BCUT2D eigenvalue weighted by atomic mass is 9.69. The summed E-state index contributed by atoms with van der Waals surface area (Å²) in [5, 5.41) is 3.68. The van der Waals surface area contributed by atoms with Crippen LogP contribution in [0.4, 0.5) is 4.39 Å². The monoisotopic (exact) mass is 311 g/mol. The van der Waals surface area contributed by atoms with Gasteiger partial charge in [0, 0.05) is 18.2 Å². The van der Waals surface area contributed by atoms with Crippen molar-refractivity contribution in [1.29, 1.82) is 0 Å². The normalized spacial score (nSPS) is 25.6. The fraction of sp³-hybridized carbons (Fsp3) is 0.647. The van der Waals surface area contributed by atoms with Crippen LogP contribution in [-0.2, 0) is 4.74 Å². The lowest BCUT2D eigenvalue weighted by molar-refractivity contribution is -0.147. The second kappa shape index (κ2) is 6.23. The number of nitrogens with one attached hydrogen (secondary N) is 1. The summed E-state index contributed by atoms with van der Waals surface area (Å²) in [5.74, 6) is 0.131. The van der Waals surface area contributed by atoms with Gasteiger partial charge in [0.1, 0.15) is 5.82 Å². The molecule has 1 saturated carbocycles. The van der Waals surface area contributed by atoms with E-state index in [-0.39, 0.29) is 22.5 Å². The van der Waals surface area contributed by atoms with Gasteiger partial charge in [-0.2, -0.15) is 0 Å². The molecule has 0 amide bonds. The van der Waals surface area contributed by atoms with E-state index in [4.69, 9.17) is 16.3 Å². The summed E-state index contributed by atoms with van der Waals surface area (Å²) in [7, 11) is 0. The maximum atomic E-state index is 14.4. The third-order valence-corrected chi connectivity index (χ3v) is 5.30. The summed E-state index contributed by atoms with van der Waals surface area (Å²) in [4.78, 5) is 0. The Morgan fingerprint density at radius 2 is 2.29 bits per heavy atom. The average molecular weight is 312 g/mol. The smallest absolute Gasteiger partial charge is 0.146 e. The lowest BCUT2D eigenvalue weighted by Gasteiger charge is -2.49. The van der Waals surface area contributed by atoms with Crippen LogP contribution >= 0.6 is 11.6 Å². The number of rotatable bonds is 4. The minimum absolute atomic E-state index is 0.0232. The quantitative estimate of drug-likeness (QED) is 0.885. The SMILES string of the molecule is CCNC(c1cccc(Cl)c1F)C1CCOC2(CCC2)C1. The van der Waals surface area contributed by atoms with Crippen molar-refractivity contribution in [2.75, 3.05) is 13.2 Å². The number of benzene rings is 1.